The molecule has 0 amide bonds. The minimum absolute atomic E-state index is 0.0481. The monoisotopic (exact) mass is 988 g/mol. The number of carbonyl (C=O) groups is 2. The van der Waals surface area contributed by atoms with Crippen molar-refractivity contribution in [3.05, 3.63) is 163 Å². The van der Waals surface area contributed by atoms with Crippen molar-refractivity contribution in [3.8, 4) is 34.1 Å². The Bertz CT molecular complexity index is 2790. The first-order valence-corrected chi connectivity index (χ1v) is 23.1. The minimum atomic E-state index is -1.19. The highest BCUT2D eigenvalue weighted by molar-refractivity contribution is 6.32. The fourth-order valence-electron chi connectivity index (χ4n) is 7.63. The van der Waals surface area contributed by atoms with Crippen molar-refractivity contribution in [2.75, 3.05) is 26.3 Å². The highest BCUT2D eigenvalue weighted by Crippen LogP contribution is 2.37. The van der Waals surface area contributed by atoms with Gasteiger partial charge in [0.15, 0.2) is 0 Å². The predicted molar refractivity (Wildman–Crippen MR) is 264 cm³/mol. The van der Waals surface area contributed by atoms with E-state index in [2.05, 4.69) is 30.6 Å². The van der Waals surface area contributed by atoms with Gasteiger partial charge in [0.1, 0.15) is 61.5 Å². The van der Waals surface area contributed by atoms with Gasteiger partial charge in [-0.3, -0.25) is 40.2 Å². The number of ether oxygens (including phenoxy) is 4. The smallest absolute Gasteiger partial charge is 0.323 e. The molecule has 2 aliphatic rings. The van der Waals surface area contributed by atoms with Crippen molar-refractivity contribution in [2.45, 2.75) is 65.4 Å². The number of nitrogens with zero attached hydrogens (tertiary/aromatic N) is 4. The van der Waals surface area contributed by atoms with Crippen LogP contribution in [0.5, 0.6) is 23.0 Å². The van der Waals surface area contributed by atoms with Crippen LogP contribution < -0.4 is 29.6 Å². The van der Waals surface area contributed by atoms with E-state index >= 15 is 0 Å². The molecule has 0 saturated carbocycles. The lowest BCUT2D eigenvalue weighted by molar-refractivity contribution is -0.141. The highest BCUT2D eigenvalue weighted by atomic mass is 35.5. The number of aliphatic hydroxyl groups is 2. The van der Waals surface area contributed by atoms with Crippen molar-refractivity contribution in [2.24, 2.45) is 9.98 Å². The number of benzene rings is 4. The third-order valence-corrected chi connectivity index (χ3v) is 12.5. The second-order valence-electron chi connectivity index (χ2n) is 16.7. The van der Waals surface area contributed by atoms with E-state index in [1.54, 1.807) is 49.1 Å². The summed E-state index contributed by atoms with van der Waals surface area (Å²) in [6, 6.07) is 20.2. The molecule has 2 aromatic heterocycles. The third kappa shape index (κ3) is 12.4. The second-order valence-corrected chi connectivity index (χ2v) is 17.5. The number of aliphatic hydroxyl groups excluding tert-OH is 2. The standard InChI is InChI=1S/C52H50Cl2N6O10/c1-29-33(27-69-49-13-47(37(11-41(49)53)19-57-45(23-61)51(63)64)67-25-31-9-35(17-55-15-31)43-21-59-43)5-3-7-39(29)40-8-4-6-34(30(40)2)28-70-50-14-48(38(12-42(50)54)20-58-46(24-62)52(65)66)68-26-32-10-36(18-56-16-32)44-22-60-44/h3-18,45-46,57-58,61-62H,19-28H2,1-2H3,(H,63,64)(H,65,66)/t45-,46+. The third-order valence-electron chi connectivity index (χ3n) is 11.9. The Kier molecular flexibility index (Phi) is 16.0. The number of halogens is 2. The number of aliphatic carboxylic acids is 2. The molecule has 6 N–H and O–H groups in total. The van der Waals surface area contributed by atoms with Crippen molar-refractivity contribution in [1.29, 1.82) is 0 Å². The summed E-state index contributed by atoms with van der Waals surface area (Å²) in [5, 5.41) is 44.5. The highest BCUT2D eigenvalue weighted by Gasteiger charge is 2.22. The van der Waals surface area contributed by atoms with E-state index < -0.39 is 37.2 Å². The van der Waals surface area contributed by atoms with E-state index in [4.69, 9.17) is 42.1 Å². The van der Waals surface area contributed by atoms with E-state index in [9.17, 15) is 30.0 Å². The number of aromatic nitrogens is 2. The number of rotatable bonds is 25. The predicted octanol–water partition coefficient (Wildman–Crippen LogP) is 7.06. The van der Waals surface area contributed by atoms with Gasteiger partial charge in [-0.15, -0.1) is 0 Å². The summed E-state index contributed by atoms with van der Waals surface area (Å²) in [6.45, 7) is 4.98. The minimum Gasteiger partial charge on any atom is -0.488 e. The largest absolute Gasteiger partial charge is 0.488 e. The fourth-order valence-corrected chi connectivity index (χ4v) is 8.12. The lowest BCUT2D eigenvalue weighted by Gasteiger charge is -2.19. The Morgan fingerprint density at radius 1 is 0.571 bits per heavy atom. The summed E-state index contributed by atoms with van der Waals surface area (Å²) in [7, 11) is 0. The summed E-state index contributed by atoms with van der Waals surface area (Å²) in [5.74, 6) is -0.838. The second kappa shape index (κ2) is 22.7. The topological polar surface area (TPSA) is 227 Å². The van der Waals surface area contributed by atoms with Crippen molar-refractivity contribution in [1.82, 2.24) is 20.6 Å². The first-order valence-electron chi connectivity index (χ1n) is 22.3. The average Bonchev–Trinajstić information content (AvgIpc) is 4.29. The molecular formula is C52H50Cl2N6O10. The molecule has 70 heavy (non-hydrogen) atoms. The van der Waals surface area contributed by atoms with Crippen molar-refractivity contribution in [3.63, 3.8) is 0 Å². The molecule has 0 spiro atoms. The van der Waals surface area contributed by atoms with E-state index in [-0.39, 0.29) is 49.6 Å². The molecule has 18 heteroatoms. The van der Waals surface area contributed by atoms with Crippen LogP contribution in [-0.4, -0.2) is 92.1 Å². The summed E-state index contributed by atoms with van der Waals surface area (Å²) in [6.07, 6.45) is 6.92. The van der Waals surface area contributed by atoms with Gasteiger partial charge in [-0.25, -0.2) is 0 Å². The zero-order valence-electron chi connectivity index (χ0n) is 38.2. The SMILES string of the molecule is Cc1c(COc2cc(OCc3cncc(C4=NC4)c3)c(CN[C@@H](CO)C(=O)O)cc2Cl)cccc1-c1cccc(COc2cc(OCc3cncc(C4=NC4)c3)c(CN[C@H](CO)C(=O)O)cc2Cl)c1C. The molecule has 2 aliphatic heterocycles. The maximum atomic E-state index is 11.6. The van der Waals surface area contributed by atoms with Crippen molar-refractivity contribution >= 4 is 46.6 Å². The first-order chi connectivity index (χ1) is 33.9. The van der Waals surface area contributed by atoms with Crippen LogP contribution in [0.25, 0.3) is 11.1 Å². The van der Waals surface area contributed by atoms with Crippen LogP contribution in [0.3, 0.4) is 0 Å². The van der Waals surface area contributed by atoms with Crippen LogP contribution in [0.4, 0.5) is 0 Å². The Balaban J connectivity index is 0.983. The average molecular weight is 990 g/mol. The Labute approximate surface area is 413 Å². The molecule has 4 heterocycles. The van der Waals surface area contributed by atoms with Gasteiger partial charge in [-0.1, -0.05) is 59.6 Å². The van der Waals surface area contributed by atoms with Gasteiger partial charge in [0.05, 0.1) is 47.8 Å². The number of hydrogen-bond donors (Lipinski definition) is 6. The number of nitrogens with one attached hydrogen (secondary N) is 2. The van der Waals surface area contributed by atoms with Crippen LogP contribution in [0.1, 0.15) is 55.6 Å². The first kappa shape index (κ1) is 49.5. The van der Waals surface area contributed by atoms with Crippen LogP contribution in [0.15, 0.2) is 108 Å². The van der Waals surface area contributed by atoms with E-state index in [1.165, 1.54) is 0 Å². The zero-order chi connectivity index (χ0) is 49.3. The number of hydrogen-bond acceptors (Lipinski definition) is 14. The van der Waals surface area contributed by atoms with Gasteiger partial charge in [0, 0.05) is 83.4 Å². The zero-order valence-corrected chi connectivity index (χ0v) is 39.8. The van der Waals surface area contributed by atoms with Crippen molar-refractivity contribution < 1.29 is 49.0 Å². The van der Waals surface area contributed by atoms with Gasteiger partial charge in [-0.2, -0.15) is 0 Å². The number of carboxylic acid groups (broad SMARTS) is 2. The van der Waals surface area contributed by atoms with E-state index in [0.29, 0.717) is 47.2 Å². The summed E-state index contributed by atoms with van der Waals surface area (Å²) in [5.41, 5.74) is 12.4. The maximum Gasteiger partial charge on any atom is 0.323 e. The molecule has 362 valence electrons. The van der Waals surface area contributed by atoms with Crippen LogP contribution >= 0.6 is 23.2 Å². The quantitative estimate of drug-likeness (QED) is 0.0338. The molecule has 6 aromatic rings. The lowest BCUT2D eigenvalue weighted by Crippen LogP contribution is -2.39. The number of pyridine rings is 2. The molecule has 16 nitrogen and oxygen atoms in total. The van der Waals surface area contributed by atoms with Crippen LogP contribution in [0.2, 0.25) is 10.0 Å². The van der Waals surface area contributed by atoms with Gasteiger partial charge < -0.3 is 39.4 Å². The molecule has 8 rings (SSSR count). The van der Waals surface area contributed by atoms with E-state index in [1.807, 2.05) is 62.4 Å². The Morgan fingerprint density at radius 3 is 1.34 bits per heavy atom. The molecular weight excluding hydrogens is 940 g/mol. The lowest BCUT2D eigenvalue weighted by atomic mass is 9.92. The van der Waals surface area contributed by atoms with Gasteiger partial charge in [-0.05, 0) is 71.5 Å². The molecule has 0 unspecified atom stereocenters. The molecule has 0 fully saturated rings. The molecule has 2 atom stereocenters. The van der Waals surface area contributed by atoms with Gasteiger partial charge in [0.25, 0.3) is 0 Å². The molecule has 0 saturated heterocycles. The van der Waals surface area contributed by atoms with Gasteiger partial charge >= 0.3 is 11.9 Å². The molecule has 4 aromatic carbocycles. The number of carboxylic acids is 2. The Morgan fingerprint density at radius 2 is 0.971 bits per heavy atom. The van der Waals surface area contributed by atoms with Crippen LogP contribution in [0, 0.1) is 13.8 Å². The van der Waals surface area contributed by atoms with Gasteiger partial charge in [0.2, 0.25) is 0 Å². The molecule has 0 radical (unpaired) electrons. The molecule has 0 aliphatic carbocycles. The fraction of sp³-hybridized carbons (Fsp3) is 0.269. The Hall–Kier alpha value is -6.92. The summed E-state index contributed by atoms with van der Waals surface area (Å²) < 4.78 is 25.3. The summed E-state index contributed by atoms with van der Waals surface area (Å²) in [4.78, 5) is 40.5. The van der Waals surface area contributed by atoms with Crippen LogP contribution in [-0.2, 0) is 49.1 Å². The summed E-state index contributed by atoms with van der Waals surface area (Å²) >= 11 is 13.6. The normalized spacial score (nSPS) is 13.5. The number of aliphatic imine (C=N–C) groups is 2. The molecule has 0 bridgehead atoms. The van der Waals surface area contributed by atoms with E-state index in [0.717, 1.165) is 67.1 Å². The maximum absolute atomic E-state index is 11.6.